The average molecular weight is 243 g/mol. The zero-order valence-corrected chi connectivity index (χ0v) is 10.6. The molecule has 2 N–H and O–H groups in total. The van der Waals surface area contributed by atoms with Crippen LogP contribution in [0.4, 0.5) is 5.00 Å². The minimum absolute atomic E-state index is 0.0270. The summed E-state index contributed by atoms with van der Waals surface area (Å²) >= 11 is 1.32. The van der Waals surface area contributed by atoms with Gasteiger partial charge >= 0.3 is 0 Å². The Balaban J connectivity index is 2.45. The molecule has 1 heterocycles. The van der Waals surface area contributed by atoms with E-state index in [1.165, 1.54) is 11.5 Å². The number of rotatable bonds is 6. The zero-order chi connectivity index (χ0) is 12.0. The van der Waals surface area contributed by atoms with Crippen molar-refractivity contribution < 1.29 is 4.79 Å². The molecular weight excluding hydrogens is 226 g/mol. The van der Waals surface area contributed by atoms with Gasteiger partial charge in [-0.2, -0.15) is 0 Å². The molecule has 1 aromatic heterocycles. The van der Waals surface area contributed by atoms with Gasteiger partial charge in [0.2, 0.25) is 5.91 Å². The summed E-state index contributed by atoms with van der Waals surface area (Å²) in [7, 11) is 3.72. The number of likely N-dealkylation sites (N-methyl/N-ethyl adjacent to an activating group) is 2. The third kappa shape index (κ3) is 3.74. The molecule has 0 saturated heterocycles. The van der Waals surface area contributed by atoms with Crippen LogP contribution in [0.5, 0.6) is 0 Å². The van der Waals surface area contributed by atoms with Crippen molar-refractivity contribution in [3.8, 4) is 0 Å². The largest absolute Gasteiger partial charge is 0.377 e. The highest BCUT2D eigenvalue weighted by Crippen LogP contribution is 2.17. The Hall–Kier alpha value is -1.21. The first kappa shape index (κ1) is 12.9. The Morgan fingerprint density at radius 3 is 2.94 bits per heavy atom. The van der Waals surface area contributed by atoms with Crippen LogP contribution in [0.1, 0.15) is 12.6 Å². The normalized spacial score (nSPS) is 10.5. The van der Waals surface area contributed by atoms with Gasteiger partial charge in [-0.25, -0.2) is 0 Å². The Bertz CT molecular complexity index is 340. The maximum absolute atomic E-state index is 11.3. The predicted molar refractivity (Wildman–Crippen MR) is 64.5 cm³/mol. The van der Waals surface area contributed by atoms with Crippen LogP contribution in [0.2, 0.25) is 0 Å². The molecule has 0 bridgehead atoms. The Labute approximate surface area is 99.2 Å². The van der Waals surface area contributed by atoms with Crippen LogP contribution in [0, 0.1) is 0 Å². The molecule has 0 aromatic carbocycles. The molecule has 1 amide bonds. The van der Waals surface area contributed by atoms with Crippen molar-refractivity contribution >= 4 is 22.4 Å². The molecule has 0 radical (unpaired) electrons. The first-order valence-electron chi connectivity index (χ1n) is 5.11. The van der Waals surface area contributed by atoms with Crippen molar-refractivity contribution in [3.63, 3.8) is 0 Å². The first-order valence-corrected chi connectivity index (χ1v) is 5.89. The number of carbonyl (C=O) groups excluding carboxylic acids is 1. The summed E-state index contributed by atoms with van der Waals surface area (Å²) in [4.78, 5) is 13.2. The maximum atomic E-state index is 11.3. The molecule has 0 aliphatic rings. The smallest absolute Gasteiger partial charge is 0.234 e. The van der Waals surface area contributed by atoms with Crippen molar-refractivity contribution in [2.75, 3.05) is 32.5 Å². The fourth-order valence-electron chi connectivity index (χ4n) is 1.31. The van der Waals surface area contributed by atoms with Crippen molar-refractivity contribution in [1.29, 1.82) is 0 Å². The van der Waals surface area contributed by atoms with Crippen LogP contribution < -0.4 is 10.6 Å². The molecule has 0 spiro atoms. The van der Waals surface area contributed by atoms with E-state index < -0.39 is 0 Å². The second-order valence-corrected chi connectivity index (χ2v) is 4.18. The fourth-order valence-corrected chi connectivity index (χ4v) is 1.83. The van der Waals surface area contributed by atoms with Gasteiger partial charge in [0.15, 0.2) is 0 Å². The third-order valence-electron chi connectivity index (χ3n) is 1.99. The molecule has 0 unspecified atom stereocenters. The molecule has 0 atom stereocenters. The molecule has 6 nitrogen and oxygen atoms in total. The summed E-state index contributed by atoms with van der Waals surface area (Å²) in [6, 6.07) is 0. The van der Waals surface area contributed by atoms with Crippen molar-refractivity contribution in [2.45, 2.75) is 13.5 Å². The van der Waals surface area contributed by atoms with Crippen LogP contribution in [0.15, 0.2) is 0 Å². The van der Waals surface area contributed by atoms with E-state index >= 15 is 0 Å². The van der Waals surface area contributed by atoms with Gasteiger partial charge in [0.1, 0.15) is 10.7 Å². The standard InChI is InChI=1S/C9H17N5OS/c1-4-11-8(15)6-14(3)5-7-9(10-2)16-13-12-7/h10H,4-6H2,1-3H3,(H,11,15). The topological polar surface area (TPSA) is 70.2 Å². The Morgan fingerprint density at radius 1 is 1.56 bits per heavy atom. The van der Waals surface area contributed by atoms with Crippen LogP contribution in [0.3, 0.4) is 0 Å². The van der Waals surface area contributed by atoms with Gasteiger partial charge in [-0.15, -0.1) is 5.10 Å². The zero-order valence-electron chi connectivity index (χ0n) is 9.78. The fraction of sp³-hybridized carbons (Fsp3) is 0.667. The first-order chi connectivity index (χ1) is 7.67. The molecule has 16 heavy (non-hydrogen) atoms. The maximum Gasteiger partial charge on any atom is 0.234 e. The number of nitrogens with zero attached hydrogens (tertiary/aromatic N) is 3. The van der Waals surface area contributed by atoms with Crippen LogP contribution in [-0.4, -0.2) is 47.6 Å². The second kappa shape index (κ2) is 6.39. The van der Waals surface area contributed by atoms with E-state index in [-0.39, 0.29) is 5.91 Å². The lowest BCUT2D eigenvalue weighted by Crippen LogP contribution is -2.34. The van der Waals surface area contributed by atoms with E-state index in [0.29, 0.717) is 19.6 Å². The molecule has 0 fully saturated rings. The SMILES string of the molecule is CCNC(=O)CN(C)Cc1nnsc1NC. The summed E-state index contributed by atoms with van der Waals surface area (Å²) in [5, 5.41) is 10.7. The van der Waals surface area contributed by atoms with Crippen LogP contribution in [0.25, 0.3) is 0 Å². The summed E-state index contributed by atoms with van der Waals surface area (Å²) < 4.78 is 3.86. The highest BCUT2D eigenvalue weighted by Gasteiger charge is 2.11. The molecular formula is C9H17N5OS. The number of carbonyl (C=O) groups is 1. The molecule has 0 saturated carbocycles. The van der Waals surface area contributed by atoms with Crippen molar-refractivity contribution in [1.82, 2.24) is 19.8 Å². The van der Waals surface area contributed by atoms with Gasteiger partial charge in [0.05, 0.1) is 6.54 Å². The minimum atomic E-state index is 0.0270. The molecule has 1 rings (SSSR count). The van der Waals surface area contributed by atoms with Gasteiger partial charge in [-0.1, -0.05) is 4.49 Å². The van der Waals surface area contributed by atoms with Gasteiger partial charge in [-0.3, -0.25) is 9.69 Å². The summed E-state index contributed by atoms with van der Waals surface area (Å²) in [5.41, 5.74) is 0.874. The third-order valence-corrected chi connectivity index (χ3v) is 2.78. The van der Waals surface area contributed by atoms with E-state index in [4.69, 9.17) is 0 Å². The van der Waals surface area contributed by atoms with E-state index in [9.17, 15) is 4.79 Å². The monoisotopic (exact) mass is 243 g/mol. The summed E-state index contributed by atoms with van der Waals surface area (Å²) in [6.45, 7) is 3.55. The number of aromatic nitrogens is 2. The lowest BCUT2D eigenvalue weighted by molar-refractivity contribution is -0.121. The van der Waals surface area contributed by atoms with Crippen molar-refractivity contribution in [2.24, 2.45) is 0 Å². The van der Waals surface area contributed by atoms with Gasteiger partial charge < -0.3 is 10.6 Å². The molecule has 90 valence electrons. The quantitative estimate of drug-likeness (QED) is 0.744. The van der Waals surface area contributed by atoms with Crippen LogP contribution >= 0.6 is 11.5 Å². The van der Waals surface area contributed by atoms with E-state index in [1.54, 1.807) is 0 Å². The minimum Gasteiger partial charge on any atom is -0.377 e. The Morgan fingerprint density at radius 2 is 2.31 bits per heavy atom. The molecule has 0 aliphatic heterocycles. The van der Waals surface area contributed by atoms with Crippen LogP contribution in [-0.2, 0) is 11.3 Å². The summed E-state index contributed by atoms with van der Waals surface area (Å²) in [5.74, 6) is 0.0270. The lowest BCUT2D eigenvalue weighted by atomic mass is 10.4. The van der Waals surface area contributed by atoms with E-state index in [2.05, 4.69) is 20.2 Å². The number of hydrogen-bond donors (Lipinski definition) is 2. The second-order valence-electron chi connectivity index (χ2n) is 3.42. The number of anilines is 1. The lowest BCUT2D eigenvalue weighted by Gasteiger charge is -2.14. The van der Waals surface area contributed by atoms with E-state index in [0.717, 1.165) is 10.7 Å². The number of hydrogen-bond acceptors (Lipinski definition) is 6. The van der Waals surface area contributed by atoms with Crippen molar-refractivity contribution in [3.05, 3.63) is 5.69 Å². The molecule has 7 heteroatoms. The predicted octanol–water partition coefficient (Wildman–Crippen LogP) is 0.148. The van der Waals surface area contributed by atoms with Gasteiger partial charge in [-0.05, 0) is 14.0 Å². The average Bonchev–Trinajstić information content (AvgIpc) is 2.65. The van der Waals surface area contributed by atoms with E-state index in [1.807, 2.05) is 25.9 Å². The highest BCUT2D eigenvalue weighted by atomic mass is 32.1. The number of amides is 1. The summed E-state index contributed by atoms with van der Waals surface area (Å²) in [6.07, 6.45) is 0. The van der Waals surface area contributed by atoms with Gasteiger partial charge in [0, 0.05) is 31.7 Å². The van der Waals surface area contributed by atoms with Gasteiger partial charge in [0.25, 0.3) is 0 Å². The number of nitrogens with one attached hydrogen (secondary N) is 2. The highest BCUT2D eigenvalue weighted by molar-refractivity contribution is 7.10. The molecule has 1 aromatic rings. The Kier molecular flexibility index (Phi) is 5.13. The molecule has 0 aliphatic carbocycles.